The van der Waals surface area contributed by atoms with E-state index < -0.39 is 6.04 Å². The fourth-order valence-corrected chi connectivity index (χ4v) is 1.14. The summed E-state index contributed by atoms with van der Waals surface area (Å²) in [6.45, 7) is 0.484. The number of terminal acetylenes is 1. The molecule has 3 nitrogen and oxygen atoms in total. The average molecular weight is 202 g/mol. The molecule has 1 amide bonds. The second-order valence-corrected chi connectivity index (χ2v) is 3.22. The van der Waals surface area contributed by atoms with E-state index in [2.05, 4.69) is 11.2 Å². The van der Waals surface area contributed by atoms with Gasteiger partial charge in [-0.25, -0.2) is 0 Å². The van der Waals surface area contributed by atoms with E-state index in [0.717, 1.165) is 5.56 Å². The van der Waals surface area contributed by atoms with Crippen LogP contribution >= 0.6 is 0 Å². The van der Waals surface area contributed by atoms with Gasteiger partial charge in [-0.1, -0.05) is 30.3 Å². The van der Waals surface area contributed by atoms with Crippen LogP contribution in [0.1, 0.15) is 12.0 Å². The number of amides is 1. The second kappa shape index (κ2) is 5.84. The predicted octanol–water partition coefficient (Wildman–Crippen LogP) is 0.653. The number of nitrogens with two attached hydrogens (primary N) is 1. The molecule has 0 saturated heterocycles. The molecular formula is C12H14N2O. The number of hydrogen-bond acceptors (Lipinski definition) is 2. The van der Waals surface area contributed by atoms with E-state index in [1.807, 2.05) is 30.3 Å². The molecule has 0 radical (unpaired) electrons. The monoisotopic (exact) mass is 202 g/mol. The largest absolute Gasteiger partial charge is 0.351 e. The van der Waals surface area contributed by atoms with Crippen LogP contribution in [0.4, 0.5) is 0 Å². The van der Waals surface area contributed by atoms with Crippen molar-refractivity contribution < 1.29 is 4.79 Å². The Hall–Kier alpha value is -1.79. The molecule has 3 N–H and O–H groups in total. The van der Waals surface area contributed by atoms with Crippen LogP contribution in [0.25, 0.3) is 0 Å². The van der Waals surface area contributed by atoms with Gasteiger partial charge in [0, 0.05) is 13.0 Å². The molecule has 0 spiro atoms. The zero-order valence-corrected chi connectivity index (χ0v) is 8.44. The van der Waals surface area contributed by atoms with Gasteiger partial charge < -0.3 is 11.1 Å². The first-order chi connectivity index (χ1) is 7.24. The van der Waals surface area contributed by atoms with Gasteiger partial charge in [0.15, 0.2) is 0 Å². The zero-order chi connectivity index (χ0) is 11.1. The summed E-state index contributed by atoms with van der Waals surface area (Å²) in [4.78, 5) is 11.4. The first-order valence-corrected chi connectivity index (χ1v) is 4.74. The molecule has 0 bridgehead atoms. The first kappa shape index (κ1) is 11.3. The van der Waals surface area contributed by atoms with Crippen LogP contribution in [-0.4, -0.2) is 11.9 Å². The van der Waals surface area contributed by atoms with Crippen LogP contribution in [0.2, 0.25) is 0 Å². The van der Waals surface area contributed by atoms with Crippen molar-refractivity contribution >= 4 is 5.91 Å². The minimum Gasteiger partial charge on any atom is -0.351 e. The summed E-state index contributed by atoms with van der Waals surface area (Å²) in [5.41, 5.74) is 6.58. The van der Waals surface area contributed by atoms with Gasteiger partial charge in [-0.3, -0.25) is 4.79 Å². The maximum atomic E-state index is 11.4. The minimum absolute atomic E-state index is 0.211. The molecule has 0 aliphatic heterocycles. The summed E-state index contributed by atoms with van der Waals surface area (Å²) in [5, 5.41) is 2.72. The van der Waals surface area contributed by atoms with Crippen LogP contribution in [0.15, 0.2) is 30.3 Å². The molecule has 1 rings (SSSR count). The summed E-state index contributed by atoms with van der Waals surface area (Å²) in [5.74, 6) is 2.15. The number of hydrogen-bond donors (Lipinski definition) is 2. The Balaban J connectivity index is 2.38. The van der Waals surface area contributed by atoms with Gasteiger partial charge in [-0.05, 0) is 5.56 Å². The van der Waals surface area contributed by atoms with Crippen molar-refractivity contribution in [2.45, 2.75) is 19.0 Å². The number of carbonyl (C=O) groups is 1. The molecule has 0 saturated carbocycles. The molecule has 78 valence electrons. The number of rotatable bonds is 4. The highest BCUT2D eigenvalue weighted by Crippen LogP contribution is 1.97. The van der Waals surface area contributed by atoms with Gasteiger partial charge in [-0.2, -0.15) is 0 Å². The lowest BCUT2D eigenvalue weighted by Crippen LogP contribution is -2.39. The molecule has 1 aromatic rings. The SMILES string of the molecule is C#CCC(N)C(=O)NCc1ccccc1. The van der Waals surface area contributed by atoms with E-state index in [4.69, 9.17) is 12.2 Å². The summed E-state index contributed by atoms with van der Waals surface area (Å²) in [6, 6.07) is 9.03. The molecule has 0 aliphatic rings. The van der Waals surface area contributed by atoms with Crippen LogP contribution in [0.3, 0.4) is 0 Å². The predicted molar refractivity (Wildman–Crippen MR) is 59.7 cm³/mol. The van der Waals surface area contributed by atoms with E-state index >= 15 is 0 Å². The third-order valence-corrected chi connectivity index (χ3v) is 1.98. The Morgan fingerprint density at radius 2 is 2.13 bits per heavy atom. The van der Waals surface area contributed by atoms with E-state index in [-0.39, 0.29) is 12.3 Å². The summed E-state index contributed by atoms with van der Waals surface area (Å²) in [7, 11) is 0. The normalized spacial score (nSPS) is 11.5. The van der Waals surface area contributed by atoms with E-state index in [1.54, 1.807) is 0 Å². The van der Waals surface area contributed by atoms with Gasteiger partial charge >= 0.3 is 0 Å². The third kappa shape index (κ3) is 3.84. The van der Waals surface area contributed by atoms with Crippen molar-refractivity contribution in [3.8, 4) is 12.3 Å². The van der Waals surface area contributed by atoms with Crippen molar-refractivity contribution in [3.63, 3.8) is 0 Å². The summed E-state index contributed by atoms with van der Waals surface area (Å²) >= 11 is 0. The second-order valence-electron chi connectivity index (χ2n) is 3.22. The molecule has 1 atom stereocenters. The van der Waals surface area contributed by atoms with E-state index in [9.17, 15) is 4.79 Å². The van der Waals surface area contributed by atoms with Crippen molar-refractivity contribution in [1.29, 1.82) is 0 Å². The Bertz CT molecular complexity index is 354. The standard InChI is InChI=1S/C12H14N2O/c1-2-6-11(13)12(15)14-9-10-7-4-3-5-8-10/h1,3-5,7-8,11H,6,9,13H2,(H,14,15). The Morgan fingerprint density at radius 1 is 1.47 bits per heavy atom. The Morgan fingerprint density at radius 3 is 2.73 bits per heavy atom. The molecule has 15 heavy (non-hydrogen) atoms. The molecule has 0 aromatic heterocycles. The maximum absolute atomic E-state index is 11.4. The molecule has 1 aromatic carbocycles. The van der Waals surface area contributed by atoms with Gasteiger partial charge in [0.05, 0.1) is 6.04 Å². The number of nitrogens with one attached hydrogen (secondary N) is 1. The van der Waals surface area contributed by atoms with Crippen molar-refractivity contribution in [2.24, 2.45) is 5.73 Å². The fourth-order valence-electron chi connectivity index (χ4n) is 1.14. The van der Waals surface area contributed by atoms with Gasteiger partial charge in [0.1, 0.15) is 0 Å². The van der Waals surface area contributed by atoms with Crippen LogP contribution in [0.5, 0.6) is 0 Å². The number of carbonyl (C=O) groups excluding carboxylic acids is 1. The first-order valence-electron chi connectivity index (χ1n) is 4.74. The van der Waals surface area contributed by atoms with Gasteiger partial charge in [0.25, 0.3) is 0 Å². The van der Waals surface area contributed by atoms with Gasteiger partial charge in [-0.15, -0.1) is 12.3 Å². The van der Waals surface area contributed by atoms with E-state index in [0.29, 0.717) is 6.54 Å². The lowest BCUT2D eigenvalue weighted by Gasteiger charge is -2.09. The molecule has 1 unspecified atom stereocenters. The minimum atomic E-state index is -0.612. The molecule has 0 fully saturated rings. The lowest BCUT2D eigenvalue weighted by atomic mass is 10.2. The summed E-state index contributed by atoms with van der Waals surface area (Å²) in [6.07, 6.45) is 5.33. The van der Waals surface area contributed by atoms with Crippen LogP contribution in [0, 0.1) is 12.3 Å². The van der Waals surface area contributed by atoms with Crippen molar-refractivity contribution in [3.05, 3.63) is 35.9 Å². The average Bonchev–Trinajstić information content (AvgIpc) is 2.27. The van der Waals surface area contributed by atoms with E-state index in [1.165, 1.54) is 0 Å². The topological polar surface area (TPSA) is 55.1 Å². The van der Waals surface area contributed by atoms with Gasteiger partial charge in [0.2, 0.25) is 5.91 Å². The summed E-state index contributed by atoms with van der Waals surface area (Å²) < 4.78 is 0. The van der Waals surface area contributed by atoms with Crippen molar-refractivity contribution in [2.75, 3.05) is 0 Å². The zero-order valence-electron chi connectivity index (χ0n) is 8.44. The fraction of sp³-hybridized carbons (Fsp3) is 0.250. The Labute approximate surface area is 89.7 Å². The van der Waals surface area contributed by atoms with Crippen LogP contribution in [-0.2, 0) is 11.3 Å². The third-order valence-electron chi connectivity index (χ3n) is 1.98. The highest BCUT2D eigenvalue weighted by Gasteiger charge is 2.10. The van der Waals surface area contributed by atoms with Crippen molar-refractivity contribution in [1.82, 2.24) is 5.32 Å². The number of benzene rings is 1. The molecule has 0 heterocycles. The molecule has 3 heteroatoms. The molecule has 0 aliphatic carbocycles. The highest BCUT2D eigenvalue weighted by atomic mass is 16.2. The maximum Gasteiger partial charge on any atom is 0.238 e. The quantitative estimate of drug-likeness (QED) is 0.704. The smallest absolute Gasteiger partial charge is 0.238 e. The molecular weight excluding hydrogens is 188 g/mol. The lowest BCUT2D eigenvalue weighted by molar-refractivity contribution is -0.122. The Kier molecular flexibility index (Phi) is 4.39. The highest BCUT2D eigenvalue weighted by molar-refractivity contribution is 5.81. The van der Waals surface area contributed by atoms with Crippen LogP contribution < -0.4 is 11.1 Å².